The molecule has 0 spiro atoms. The maximum absolute atomic E-state index is 12.9. The number of hydrogen-bond acceptors (Lipinski definition) is 3. The van der Waals surface area contributed by atoms with E-state index in [4.69, 9.17) is 0 Å². The SMILES string of the molecule is O=C(Cc1cccc2cccnc12)N1CCCC1Cn1cccn1. The second kappa shape index (κ2) is 6.43. The summed E-state index contributed by atoms with van der Waals surface area (Å²) in [5.41, 5.74) is 1.93. The van der Waals surface area contributed by atoms with E-state index in [1.165, 1.54) is 0 Å². The Kier molecular flexibility index (Phi) is 3.99. The molecular weight excluding hydrogens is 300 g/mol. The molecular formula is C19H20N4O. The van der Waals surface area contributed by atoms with Crippen LogP contribution in [0.15, 0.2) is 55.0 Å². The molecule has 0 N–H and O–H groups in total. The maximum Gasteiger partial charge on any atom is 0.227 e. The molecule has 0 bridgehead atoms. The minimum absolute atomic E-state index is 0.183. The zero-order valence-corrected chi connectivity index (χ0v) is 13.5. The number of nitrogens with zero attached hydrogens (tertiary/aromatic N) is 4. The van der Waals surface area contributed by atoms with E-state index < -0.39 is 0 Å². The first kappa shape index (κ1) is 14.9. The fraction of sp³-hybridized carbons (Fsp3) is 0.316. The van der Waals surface area contributed by atoms with Gasteiger partial charge in [0.25, 0.3) is 0 Å². The highest BCUT2D eigenvalue weighted by molar-refractivity contribution is 5.87. The smallest absolute Gasteiger partial charge is 0.227 e. The summed E-state index contributed by atoms with van der Waals surface area (Å²) in [4.78, 5) is 19.3. The van der Waals surface area contributed by atoms with Gasteiger partial charge in [0.1, 0.15) is 0 Å². The Bertz CT molecular complexity index is 838. The van der Waals surface area contributed by atoms with Crippen LogP contribution in [0.2, 0.25) is 0 Å². The largest absolute Gasteiger partial charge is 0.338 e. The lowest BCUT2D eigenvalue weighted by Gasteiger charge is -2.25. The van der Waals surface area contributed by atoms with Crippen molar-refractivity contribution in [3.05, 3.63) is 60.6 Å². The van der Waals surface area contributed by atoms with E-state index in [1.807, 2.05) is 52.2 Å². The summed E-state index contributed by atoms with van der Waals surface area (Å²) in [6.07, 6.45) is 8.03. The summed E-state index contributed by atoms with van der Waals surface area (Å²) in [7, 11) is 0. The second-order valence-electron chi connectivity index (χ2n) is 6.28. The normalized spacial score (nSPS) is 17.5. The van der Waals surface area contributed by atoms with Gasteiger partial charge in [-0.2, -0.15) is 5.10 Å². The second-order valence-corrected chi connectivity index (χ2v) is 6.28. The zero-order valence-electron chi connectivity index (χ0n) is 13.5. The van der Waals surface area contributed by atoms with Gasteiger partial charge in [-0.3, -0.25) is 14.5 Å². The number of fused-ring (bicyclic) bond motifs is 1. The molecule has 0 radical (unpaired) electrons. The van der Waals surface area contributed by atoms with Crippen molar-refractivity contribution in [2.45, 2.75) is 31.8 Å². The summed E-state index contributed by atoms with van der Waals surface area (Å²) < 4.78 is 1.91. The van der Waals surface area contributed by atoms with Crippen LogP contribution in [0.5, 0.6) is 0 Å². The van der Waals surface area contributed by atoms with Gasteiger partial charge in [-0.15, -0.1) is 0 Å². The quantitative estimate of drug-likeness (QED) is 0.742. The molecule has 2 aromatic heterocycles. The standard InChI is InChI=1S/C19H20N4O/c24-18(13-16-6-1-5-15-7-2-9-20-19(15)16)23-12-3-8-17(23)14-22-11-4-10-21-22/h1-2,4-7,9-11,17H,3,8,12-14H2. The number of benzene rings is 1. The Morgan fingerprint density at radius 3 is 2.96 bits per heavy atom. The summed E-state index contributed by atoms with van der Waals surface area (Å²) >= 11 is 0. The third-order valence-corrected chi connectivity index (χ3v) is 4.71. The lowest BCUT2D eigenvalue weighted by atomic mass is 10.1. The van der Waals surface area contributed by atoms with Crippen LogP contribution in [0.1, 0.15) is 18.4 Å². The Balaban J connectivity index is 1.52. The van der Waals surface area contributed by atoms with Crippen LogP contribution in [-0.2, 0) is 17.8 Å². The number of aromatic nitrogens is 3. The van der Waals surface area contributed by atoms with Crippen molar-refractivity contribution >= 4 is 16.8 Å². The Labute approximate surface area is 140 Å². The summed E-state index contributed by atoms with van der Waals surface area (Å²) in [5, 5.41) is 5.35. The fourth-order valence-electron chi connectivity index (χ4n) is 3.55. The van der Waals surface area contributed by atoms with Gasteiger partial charge in [-0.25, -0.2) is 0 Å². The average molecular weight is 320 g/mol. The molecule has 24 heavy (non-hydrogen) atoms. The van der Waals surface area contributed by atoms with E-state index in [1.54, 1.807) is 12.4 Å². The van der Waals surface area contributed by atoms with Gasteiger partial charge in [0.15, 0.2) is 0 Å². The molecule has 1 aromatic carbocycles. The van der Waals surface area contributed by atoms with Crippen LogP contribution in [0.25, 0.3) is 10.9 Å². The van der Waals surface area contributed by atoms with Crippen LogP contribution >= 0.6 is 0 Å². The molecule has 5 nitrogen and oxygen atoms in total. The van der Waals surface area contributed by atoms with Crippen molar-refractivity contribution in [3.63, 3.8) is 0 Å². The molecule has 5 heteroatoms. The van der Waals surface area contributed by atoms with Crippen molar-refractivity contribution in [2.75, 3.05) is 6.54 Å². The number of carbonyl (C=O) groups is 1. The third-order valence-electron chi connectivity index (χ3n) is 4.71. The van der Waals surface area contributed by atoms with E-state index in [9.17, 15) is 4.79 Å². The van der Waals surface area contributed by atoms with Crippen LogP contribution in [0, 0.1) is 0 Å². The van der Waals surface area contributed by atoms with Gasteiger partial charge in [-0.1, -0.05) is 24.3 Å². The van der Waals surface area contributed by atoms with E-state index in [-0.39, 0.29) is 11.9 Å². The molecule has 3 aromatic rings. The summed E-state index contributed by atoms with van der Waals surface area (Å²) in [5.74, 6) is 0.183. The van der Waals surface area contributed by atoms with Crippen molar-refractivity contribution in [2.24, 2.45) is 0 Å². The molecule has 4 rings (SSSR count). The molecule has 1 saturated heterocycles. The fourth-order valence-corrected chi connectivity index (χ4v) is 3.55. The molecule has 3 heterocycles. The van der Waals surface area contributed by atoms with E-state index in [2.05, 4.69) is 10.1 Å². The number of carbonyl (C=O) groups excluding carboxylic acids is 1. The highest BCUT2D eigenvalue weighted by Crippen LogP contribution is 2.22. The minimum atomic E-state index is 0.183. The molecule has 122 valence electrons. The first-order valence-electron chi connectivity index (χ1n) is 8.41. The number of pyridine rings is 1. The van der Waals surface area contributed by atoms with Crippen molar-refractivity contribution in [1.29, 1.82) is 0 Å². The molecule has 1 aliphatic rings. The Morgan fingerprint density at radius 2 is 2.08 bits per heavy atom. The number of hydrogen-bond donors (Lipinski definition) is 0. The third kappa shape index (κ3) is 2.89. The van der Waals surface area contributed by atoms with Gasteiger partial charge in [-0.05, 0) is 30.5 Å². The van der Waals surface area contributed by atoms with E-state index in [0.29, 0.717) is 6.42 Å². The van der Waals surface area contributed by atoms with Crippen LogP contribution in [0.4, 0.5) is 0 Å². The predicted molar refractivity (Wildman–Crippen MR) is 92.4 cm³/mol. The van der Waals surface area contributed by atoms with Gasteiger partial charge in [0, 0.05) is 30.5 Å². The topological polar surface area (TPSA) is 51.0 Å². The molecule has 1 aliphatic heterocycles. The Morgan fingerprint density at radius 1 is 1.17 bits per heavy atom. The van der Waals surface area contributed by atoms with E-state index in [0.717, 1.165) is 42.4 Å². The highest BCUT2D eigenvalue weighted by Gasteiger charge is 2.29. The predicted octanol–water partition coefficient (Wildman–Crippen LogP) is 2.67. The minimum Gasteiger partial charge on any atom is -0.338 e. The molecule has 0 saturated carbocycles. The first-order chi connectivity index (χ1) is 11.8. The number of amides is 1. The van der Waals surface area contributed by atoms with Gasteiger partial charge in [0.05, 0.1) is 24.5 Å². The van der Waals surface area contributed by atoms with E-state index >= 15 is 0 Å². The van der Waals surface area contributed by atoms with Crippen molar-refractivity contribution < 1.29 is 4.79 Å². The zero-order chi connectivity index (χ0) is 16.4. The van der Waals surface area contributed by atoms with Crippen molar-refractivity contribution in [3.8, 4) is 0 Å². The lowest BCUT2D eigenvalue weighted by Crippen LogP contribution is -2.39. The highest BCUT2D eigenvalue weighted by atomic mass is 16.2. The molecule has 1 fully saturated rings. The number of rotatable bonds is 4. The molecule has 1 unspecified atom stereocenters. The molecule has 1 amide bonds. The van der Waals surface area contributed by atoms with Gasteiger partial charge < -0.3 is 4.90 Å². The van der Waals surface area contributed by atoms with Crippen LogP contribution in [-0.4, -0.2) is 38.2 Å². The summed E-state index contributed by atoms with van der Waals surface area (Å²) in [6.45, 7) is 1.61. The number of para-hydroxylation sites is 1. The maximum atomic E-state index is 12.9. The number of likely N-dealkylation sites (tertiary alicyclic amines) is 1. The monoisotopic (exact) mass is 320 g/mol. The van der Waals surface area contributed by atoms with Crippen LogP contribution in [0.3, 0.4) is 0 Å². The van der Waals surface area contributed by atoms with Gasteiger partial charge >= 0.3 is 0 Å². The lowest BCUT2D eigenvalue weighted by molar-refractivity contribution is -0.131. The first-order valence-corrected chi connectivity index (χ1v) is 8.41. The molecule has 1 atom stereocenters. The summed E-state index contributed by atoms with van der Waals surface area (Å²) in [6, 6.07) is 12.2. The van der Waals surface area contributed by atoms with Crippen LogP contribution < -0.4 is 0 Å². The molecule has 0 aliphatic carbocycles. The van der Waals surface area contributed by atoms with Gasteiger partial charge in [0.2, 0.25) is 5.91 Å². The van der Waals surface area contributed by atoms with Crippen molar-refractivity contribution in [1.82, 2.24) is 19.7 Å². The Hall–Kier alpha value is -2.69. The average Bonchev–Trinajstić information content (AvgIpc) is 3.27.